The SMILES string of the molecule is OCC(c1ccccc1)C(F)(F)F. The standard InChI is InChI=1S/C9H9F3O/c10-9(11,12)8(6-13)7-4-2-1-3-5-7/h1-5,8,13H,6H2. The van der Waals surface area contributed by atoms with E-state index in [1.165, 1.54) is 24.3 Å². The minimum atomic E-state index is -4.38. The molecule has 1 unspecified atom stereocenters. The first kappa shape index (κ1) is 10.1. The Morgan fingerprint density at radius 2 is 1.69 bits per heavy atom. The molecule has 1 rings (SSSR count). The van der Waals surface area contributed by atoms with Crippen LogP contribution >= 0.6 is 0 Å². The number of rotatable bonds is 2. The van der Waals surface area contributed by atoms with Crippen LogP contribution in [0.15, 0.2) is 30.3 Å². The summed E-state index contributed by atoms with van der Waals surface area (Å²) in [7, 11) is 0. The van der Waals surface area contributed by atoms with Crippen LogP contribution in [0, 0.1) is 0 Å². The second kappa shape index (κ2) is 3.79. The minimum Gasteiger partial charge on any atom is -0.395 e. The highest BCUT2D eigenvalue weighted by Crippen LogP contribution is 2.33. The first-order chi connectivity index (χ1) is 6.05. The smallest absolute Gasteiger partial charge is 0.395 e. The second-order valence-corrected chi connectivity index (χ2v) is 2.69. The molecule has 0 saturated carbocycles. The van der Waals surface area contributed by atoms with Crippen LogP contribution < -0.4 is 0 Å². The summed E-state index contributed by atoms with van der Waals surface area (Å²) in [5.74, 6) is -1.77. The average molecular weight is 190 g/mol. The first-order valence-electron chi connectivity index (χ1n) is 3.78. The molecule has 1 atom stereocenters. The lowest BCUT2D eigenvalue weighted by atomic mass is 10.00. The monoisotopic (exact) mass is 190 g/mol. The fraction of sp³-hybridized carbons (Fsp3) is 0.333. The summed E-state index contributed by atoms with van der Waals surface area (Å²) in [5.41, 5.74) is 0.0949. The molecule has 0 amide bonds. The van der Waals surface area contributed by atoms with Crippen molar-refractivity contribution in [3.8, 4) is 0 Å². The summed E-state index contributed by atoms with van der Waals surface area (Å²) in [5, 5.41) is 8.60. The number of halogens is 3. The predicted molar refractivity (Wildman–Crippen MR) is 42.3 cm³/mol. The summed E-state index contributed by atoms with van der Waals surface area (Å²) in [6.45, 7) is -0.909. The van der Waals surface area contributed by atoms with Gasteiger partial charge in [0.05, 0.1) is 6.61 Å². The Morgan fingerprint density at radius 3 is 2.08 bits per heavy atom. The van der Waals surface area contributed by atoms with Gasteiger partial charge in [-0.25, -0.2) is 0 Å². The maximum absolute atomic E-state index is 12.2. The molecule has 1 aromatic rings. The van der Waals surface area contributed by atoms with Gasteiger partial charge in [0.1, 0.15) is 5.92 Å². The molecule has 0 heterocycles. The molecule has 0 radical (unpaired) electrons. The van der Waals surface area contributed by atoms with Crippen LogP contribution in [0.5, 0.6) is 0 Å². The first-order valence-corrected chi connectivity index (χ1v) is 3.78. The molecule has 1 N–H and O–H groups in total. The zero-order valence-corrected chi connectivity index (χ0v) is 6.75. The number of aliphatic hydroxyl groups excluding tert-OH is 1. The van der Waals surface area contributed by atoms with Crippen molar-refractivity contribution in [1.82, 2.24) is 0 Å². The van der Waals surface area contributed by atoms with Crippen molar-refractivity contribution in [3.63, 3.8) is 0 Å². The van der Waals surface area contributed by atoms with E-state index in [4.69, 9.17) is 5.11 Å². The van der Waals surface area contributed by atoms with Gasteiger partial charge in [-0.2, -0.15) is 13.2 Å². The van der Waals surface area contributed by atoms with Gasteiger partial charge < -0.3 is 5.11 Å². The van der Waals surface area contributed by atoms with Crippen LogP contribution in [-0.4, -0.2) is 17.9 Å². The molecule has 1 nitrogen and oxygen atoms in total. The Hall–Kier alpha value is -1.03. The summed E-state index contributed by atoms with van der Waals surface area (Å²) in [6.07, 6.45) is -4.38. The van der Waals surface area contributed by atoms with Crippen LogP contribution in [-0.2, 0) is 0 Å². The third-order valence-electron chi connectivity index (χ3n) is 1.78. The summed E-state index contributed by atoms with van der Waals surface area (Å²) in [6, 6.07) is 7.38. The molecule has 0 aliphatic heterocycles. The van der Waals surface area contributed by atoms with Gasteiger partial charge in [0.15, 0.2) is 0 Å². The lowest BCUT2D eigenvalue weighted by Gasteiger charge is -2.17. The van der Waals surface area contributed by atoms with Gasteiger partial charge in [0, 0.05) is 0 Å². The molecule has 0 fully saturated rings. The predicted octanol–water partition coefficient (Wildman–Crippen LogP) is 2.32. The van der Waals surface area contributed by atoms with E-state index in [2.05, 4.69) is 0 Å². The summed E-state index contributed by atoms with van der Waals surface area (Å²) < 4.78 is 36.7. The Labute approximate surface area is 73.8 Å². The van der Waals surface area contributed by atoms with Crippen LogP contribution in [0.2, 0.25) is 0 Å². The molecule has 13 heavy (non-hydrogen) atoms. The van der Waals surface area contributed by atoms with Gasteiger partial charge in [-0.3, -0.25) is 0 Å². The van der Waals surface area contributed by atoms with Crippen molar-refractivity contribution in [2.24, 2.45) is 0 Å². The fourth-order valence-electron chi connectivity index (χ4n) is 1.08. The molecule has 0 aliphatic carbocycles. The lowest BCUT2D eigenvalue weighted by molar-refractivity contribution is -0.158. The average Bonchev–Trinajstić information content (AvgIpc) is 2.05. The molecule has 1 aromatic carbocycles. The van der Waals surface area contributed by atoms with E-state index in [0.29, 0.717) is 0 Å². The number of aliphatic hydroxyl groups is 1. The number of hydrogen-bond acceptors (Lipinski definition) is 1. The molecule has 0 bridgehead atoms. The van der Waals surface area contributed by atoms with Crippen LogP contribution in [0.25, 0.3) is 0 Å². The van der Waals surface area contributed by atoms with Crippen molar-refractivity contribution >= 4 is 0 Å². The molecule has 0 aliphatic rings. The number of benzene rings is 1. The van der Waals surface area contributed by atoms with Crippen molar-refractivity contribution in [3.05, 3.63) is 35.9 Å². The van der Waals surface area contributed by atoms with E-state index < -0.39 is 18.7 Å². The van der Waals surface area contributed by atoms with Gasteiger partial charge in [-0.05, 0) is 5.56 Å². The zero-order chi connectivity index (χ0) is 9.90. The maximum atomic E-state index is 12.2. The topological polar surface area (TPSA) is 20.2 Å². The van der Waals surface area contributed by atoms with Crippen LogP contribution in [0.4, 0.5) is 13.2 Å². The Balaban J connectivity index is 2.92. The van der Waals surface area contributed by atoms with Crippen molar-refractivity contribution < 1.29 is 18.3 Å². The van der Waals surface area contributed by atoms with Crippen molar-refractivity contribution in [1.29, 1.82) is 0 Å². The highest BCUT2D eigenvalue weighted by Gasteiger charge is 2.39. The molecule has 0 aromatic heterocycles. The normalized spacial score (nSPS) is 14.2. The molecule has 0 spiro atoms. The second-order valence-electron chi connectivity index (χ2n) is 2.69. The maximum Gasteiger partial charge on any atom is 0.397 e. The van der Waals surface area contributed by atoms with Gasteiger partial charge in [-0.1, -0.05) is 30.3 Å². The Bertz CT molecular complexity index is 255. The van der Waals surface area contributed by atoms with Gasteiger partial charge in [0.25, 0.3) is 0 Å². The Morgan fingerprint density at radius 1 is 1.15 bits per heavy atom. The molecule has 4 heteroatoms. The van der Waals surface area contributed by atoms with Crippen molar-refractivity contribution in [2.75, 3.05) is 6.61 Å². The quantitative estimate of drug-likeness (QED) is 0.758. The Kier molecular flexibility index (Phi) is 2.93. The van der Waals surface area contributed by atoms with E-state index in [9.17, 15) is 13.2 Å². The molecular weight excluding hydrogens is 181 g/mol. The number of alkyl halides is 3. The van der Waals surface area contributed by atoms with Crippen molar-refractivity contribution in [2.45, 2.75) is 12.1 Å². The van der Waals surface area contributed by atoms with Gasteiger partial charge in [-0.15, -0.1) is 0 Å². The highest BCUT2D eigenvalue weighted by atomic mass is 19.4. The molecule has 0 saturated heterocycles. The van der Waals surface area contributed by atoms with Crippen LogP contribution in [0.1, 0.15) is 11.5 Å². The third-order valence-corrected chi connectivity index (χ3v) is 1.78. The fourth-order valence-corrected chi connectivity index (χ4v) is 1.08. The van der Waals surface area contributed by atoms with E-state index in [1.54, 1.807) is 6.07 Å². The van der Waals surface area contributed by atoms with Gasteiger partial charge >= 0.3 is 6.18 Å². The highest BCUT2D eigenvalue weighted by molar-refractivity contribution is 5.20. The van der Waals surface area contributed by atoms with Crippen LogP contribution in [0.3, 0.4) is 0 Å². The van der Waals surface area contributed by atoms with Gasteiger partial charge in [0.2, 0.25) is 0 Å². The third kappa shape index (κ3) is 2.45. The van der Waals surface area contributed by atoms with E-state index in [1.807, 2.05) is 0 Å². The molecule has 72 valence electrons. The van der Waals surface area contributed by atoms with E-state index in [-0.39, 0.29) is 5.56 Å². The number of hydrogen-bond donors (Lipinski definition) is 1. The largest absolute Gasteiger partial charge is 0.397 e. The lowest BCUT2D eigenvalue weighted by Crippen LogP contribution is -2.23. The zero-order valence-electron chi connectivity index (χ0n) is 6.75. The molecular formula is C9H9F3O. The van der Waals surface area contributed by atoms with E-state index in [0.717, 1.165) is 0 Å². The van der Waals surface area contributed by atoms with E-state index >= 15 is 0 Å². The summed E-state index contributed by atoms with van der Waals surface area (Å²) in [4.78, 5) is 0. The minimum absolute atomic E-state index is 0.0949. The summed E-state index contributed by atoms with van der Waals surface area (Å²) >= 11 is 0.